The lowest BCUT2D eigenvalue weighted by Gasteiger charge is -2.12. The van der Waals surface area contributed by atoms with Crippen molar-refractivity contribution in [2.45, 2.75) is 0 Å². The van der Waals surface area contributed by atoms with Gasteiger partial charge in [0.05, 0.1) is 19.9 Å². The number of benzene rings is 2. The van der Waals surface area contributed by atoms with Crippen molar-refractivity contribution in [3.8, 4) is 39.6 Å². The van der Waals surface area contributed by atoms with Gasteiger partial charge in [0.25, 0.3) is 5.78 Å². The number of nitrogens with zero attached hydrogens (tertiary/aromatic N) is 3. The Balaban J connectivity index is 1.99. The number of ether oxygens (including phenoxy) is 2. The summed E-state index contributed by atoms with van der Waals surface area (Å²) in [4.78, 5) is 16.5. The molecule has 8 nitrogen and oxygen atoms in total. The van der Waals surface area contributed by atoms with Crippen LogP contribution in [0.2, 0.25) is 0 Å². The highest BCUT2D eigenvalue weighted by atomic mass is 16.5. The molecule has 4 rings (SSSR count). The van der Waals surface area contributed by atoms with E-state index in [-0.39, 0.29) is 11.5 Å². The minimum atomic E-state index is -0.391. The van der Waals surface area contributed by atoms with Crippen LogP contribution < -0.4 is 15.2 Å². The summed E-state index contributed by atoms with van der Waals surface area (Å²) in [6, 6.07) is 12.3. The molecule has 0 saturated heterocycles. The first-order chi connectivity index (χ1) is 13.1. The highest BCUT2D eigenvalue weighted by molar-refractivity contribution is 5.84. The lowest BCUT2D eigenvalue weighted by Crippen LogP contribution is -2.10. The zero-order valence-electron chi connectivity index (χ0n) is 14.6. The van der Waals surface area contributed by atoms with Gasteiger partial charge in [-0.15, -0.1) is 5.10 Å². The second kappa shape index (κ2) is 6.49. The smallest absolute Gasteiger partial charge is 0.348 e. The van der Waals surface area contributed by atoms with Crippen LogP contribution in [-0.2, 0) is 0 Å². The lowest BCUT2D eigenvalue weighted by molar-refractivity contribution is 0.408. The number of methoxy groups -OCH3 is 2. The number of hydrogen-bond acceptors (Lipinski definition) is 6. The summed E-state index contributed by atoms with van der Waals surface area (Å²) in [5.41, 5.74) is 2.07. The predicted molar refractivity (Wildman–Crippen MR) is 99.2 cm³/mol. The number of rotatable bonds is 4. The average Bonchev–Trinajstić information content (AvgIpc) is 3.07. The van der Waals surface area contributed by atoms with E-state index in [1.165, 1.54) is 17.6 Å². The van der Waals surface area contributed by atoms with E-state index in [0.717, 1.165) is 5.56 Å². The molecule has 4 aromatic rings. The zero-order valence-corrected chi connectivity index (χ0v) is 14.6. The van der Waals surface area contributed by atoms with E-state index in [0.29, 0.717) is 28.3 Å². The number of nitrogens with one attached hydrogen (secondary N) is 1. The average molecular weight is 364 g/mol. The summed E-state index contributed by atoms with van der Waals surface area (Å²) in [5, 5.41) is 16.8. The number of phenolic OH excluding ortho intramolecular Hbond substituents is 1. The molecule has 136 valence electrons. The quantitative estimate of drug-likeness (QED) is 0.577. The van der Waals surface area contributed by atoms with Crippen LogP contribution in [-0.4, -0.2) is 38.9 Å². The second-order valence-electron chi connectivity index (χ2n) is 5.81. The molecule has 2 aromatic carbocycles. The number of hydrogen-bond donors (Lipinski definition) is 2. The molecule has 0 aliphatic rings. The van der Waals surface area contributed by atoms with Gasteiger partial charge in [-0.3, -0.25) is 0 Å². The number of aromatic nitrogens is 4. The van der Waals surface area contributed by atoms with Crippen molar-refractivity contribution in [2.24, 2.45) is 0 Å². The summed E-state index contributed by atoms with van der Waals surface area (Å²) in [6.07, 6.45) is 1.65. The third-order valence-corrected chi connectivity index (χ3v) is 4.27. The minimum absolute atomic E-state index is 0.0128. The van der Waals surface area contributed by atoms with Gasteiger partial charge < -0.3 is 14.6 Å². The maximum absolute atomic E-state index is 12.0. The van der Waals surface area contributed by atoms with Crippen molar-refractivity contribution in [3.05, 3.63) is 59.1 Å². The molecule has 2 N–H and O–H groups in total. The van der Waals surface area contributed by atoms with Crippen molar-refractivity contribution in [2.75, 3.05) is 14.2 Å². The fraction of sp³-hybridized carbons (Fsp3) is 0.105. The summed E-state index contributed by atoms with van der Waals surface area (Å²) in [7, 11) is 3.12. The Morgan fingerprint density at radius 1 is 1.00 bits per heavy atom. The molecule has 0 radical (unpaired) electrons. The Hall–Kier alpha value is -3.81. The molecule has 8 heteroatoms. The van der Waals surface area contributed by atoms with Gasteiger partial charge in [0.2, 0.25) is 0 Å². The fourth-order valence-electron chi connectivity index (χ4n) is 2.87. The topological polar surface area (TPSA) is 102 Å². The molecule has 0 fully saturated rings. The van der Waals surface area contributed by atoms with E-state index in [9.17, 15) is 9.90 Å². The van der Waals surface area contributed by atoms with E-state index in [4.69, 9.17) is 9.47 Å². The van der Waals surface area contributed by atoms with Crippen molar-refractivity contribution in [1.29, 1.82) is 0 Å². The van der Waals surface area contributed by atoms with Crippen molar-refractivity contribution < 1.29 is 14.6 Å². The Labute approximate surface area is 153 Å². The van der Waals surface area contributed by atoms with Crippen LogP contribution in [0.4, 0.5) is 0 Å². The first-order valence-corrected chi connectivity index (χ1v) is 8.10. The van der Waals surface area contributed by atoms with Gasteiger partial charge in [-0.2, -0.15) is 0 Å². The lowest BCUT2D eigenvalue weighted by atomic mass is 10.00. The maximum Gasteiger partial charge on any atom is 0.348 e. The normalized spacial score (nSPS) is 10.9. The Bertz CT molecular complexity index is 1180. The highest BCUT2D eigenvalue weighted by Crippen LogP contribution is 2.37. The molecule has 0 spiro atoms. The standard InChI is InChI=1S/C19H16N4O4/c1-26-12-5-3-11(4-6-12)15-10-23-18(21-22-19(23)25)20-17(15)14-8-7-13(27-2)9-16(14)24/h3-10,24H,1-2H3,(H,22,25). The van der Waals surface area contributed by atoms with Crippen LogP contribution in [0, 0.1) is 0 Å². The molecule has 0 bridgehead atoms. The number of phenols is 1. The summed E-state index contributed by atoms with van der Waals surface area (Å²) < 4.78 is 11.7. The Morgan fingerprint density at radius 3 is 2.37 bits per heavy atom. The van der Waals surface area contributed by atoms with Crippen LogP contribution in [0.15, 0.2) is 53.5 Å². The molecular formula is C19H16N4O4. The van der Waals surface area contributed by atoms with Crippen LogP contribution in [0.1, 0.15) is 0 Å². The van der Waals surface area contributed by atoms with E-state index in [2.05, 4.69) is 15.2 Å². The van der Waals surface area contributed by atoms with Gasteiger partial charge >= 0.3 is 5.69 Å². The van der Waals surface area contributed by atoms with Crippen molar-refractivity contribution in [1.82, 2.24) is 19.6 Å². The first kappa shape index (κ1) is 16.6. The van der Waals surface area contributed by atoms with Crippen molar-refractivity contribution >= 4 is 5.78 Å². The molecule has 0 amide bonds. The van der Waals surface area contributed by atoms with Crippen LogP contribution in [0.25, 0.3) is 28.2 Å². The Morgan fingerprint density at radius 2 is 1.70 bits per heavy atom. The fourth-order valence-corrected chi connectivity index (χ4v) is 2.87. The van der Waals surface area contributed by atoms with Crippen LogP contribution in [0.3, 0.4) is 0 Å². The van der Waals surface area contributed by atoms with E-state index in [1.54, 1.807) is 25.4 Å². The summed E-state index contributed by atoms with van der Waals surface area (Å²) >= 11 is 0. The van der Waals surface area contributed by atoms with Gasteiger partial charge in [-0.25, -0.2) is 19.3 Å². The van der Waals surface area contributed by atoms with Crippen molar-refractivity contribution in [3.63, 3.8) is 0 Å². The van der Waals surface area contributed by atoms with E-state index >= 15 is 0 Å². The van der Waals surface area contributed by atoms with Gasteiger partial charge in [0, 0.05) is 23.4 Å². The zero-order chi connectivity index (χ0) is 19.0. The molecule has 0 aliphatic heterocycles. The van der Waals surface area contributed by atoms with E-state index < -0.39 is 5.69 Å². The highest BCUT2D eigenvalue weighted by Gasteiger charge is 2.17. The maximum atomic E-state index is 12.0. The van der Waals surface area contributed by atoms with Gasteiger partial charge in [-0.05, 0) is 29.8 Å². The first-order valence-electron chi connectivity index (χ1n) is 8.10. The molecule has 0 aliphatic carbocycles. The number of aromatic amines is 1. The number of fused-ring (bicyclic) bond motifs is 1. The molecule has 0 atom stereocenters. The molecule has 0 unspecified atom stereocenters. The monoisotopic (exact) mass is 364 g/mol. The minimum Gasteiger partial charge on any atom is -0.507 e. The number of aromatic hydroxyl groups is 1. The van der Waals surface area contributed by atoms with Crippen LogP contribution >= 0.6 is 0 Å². The molecular weight excluding hydrogens is 348 g/mol. The largest absolute Gasteiger partial charge is 0.507 e. The van der Waals surface area contributed by atoms with Gasteiger partial charge in [0.15, 0.2) is 0 Å². The van der Waals surface area contributed by atoms with Gasteiger partial charge in [-0.1, -0.05) is 12.1 Å². The predicted octanol–water partition coefficient (Wildman–Crippen LogP) is 2.47. The third-order valence-electron chi connectivity index (χ3n) is 4.27. The SMILES string of the molecule is COc1ccc(-c2cn3c(=O)[nH]nc3nc2-c2ccc(OC)cc2O)cc1. The Kier molecular flexibility index (Phi) is 4.00. The molecule has 27 heavy (non-hydrogen) atoms. The molecule has 2 aromatic heterocycles. The summed E-state index contributed by atoms with van der Waals surface area (Å²) in [6.45, 7) is 0. The number of H-pyrrole nitrogens is 1. The third kappa shape index (κ3) is 2.86. The summed E-state index contributed by atoms with van der Waals surface area (Å²) in [5.74, 6) is 1.46. The molecule has 2 heterocycles. The molecule has 0 saturated carbocycles. The second-order valence-corrected chi connectivity index (χ2v) is 5.81. The van der Waals surface area contributed by atoms with Crippen LogP contribution in [0.5, 0.6) is 17.2 Å². The van der Waals surface area contributed by atoms with E-state index in [1.807, 2.05) is 24.3 Å². The van der Waals surface area contributed by atoms with Gasteiger partial charge in [0.1, 0.15) is 17.2 Å².